The van der Waals surface area contributed by atoms with Gasteiger partial charge >= 0.3 is 0 Å². The molecule has 1 aromatic rings. The van der Waals surface area contributed by atoms with Crippen molar-refractivity contribution in [1.82, 2.24) is 4.90 Å². The summed E-state index contributed by atoms with van der Waals surface area (Å²) in [4.78, 5) is 16.5. The number of aliphatic hydroxyl groups excluding tert-OH is 1. The number of hydrogen-bond acceptors (Lipinski definition) is 4. The maximum atomic E-state index is 12.1. The number of β-amino-alcohol motifs (C(OH)–C–C–N with tert-alkyl or cyclic N) is 1. The van der Waals surface area contributed by atoms with Crippen molar-refractivity contribution in [3.8, 4) is 0 Å². The third kappa shape index (κ3) is 3.99. The number of piperidine rings is 1. The second kappa shape index (κ2) is 7.11. The largest absolute Gasteiger partial charge is 0.392 e. The number of rotatable bonds is 4. The van der Waals surface area contributed by atoms with Crippen molar-refractivity contribution in [1.29, 1.82) is 0 Å². The van der Waals surface area contributed by atoms with E-state index in [0.29, 0.717) is 13.1 Å². The van der Waals surface area contributed by atoms with Gasteiger partial charge in [-0.25, -0.2) is 0 Å². The molecule has 1 aromatic carbocycles. The lowest BCUT2D eigenvalue weighted by Gasteiger charge is -2.29. The molecule has 2 fully saturated rings. The highest BCUT2D eigenvalue weighted by atomic mass is 16.3. The summed E-state index contributed by atoms with van der Waals surface area (Å²) in [5.74, 6) is -0.0111. The van der Waals surface area contributed by atoms with Gasteiger partial charge in [0.25, 0.3) is 0 Å². The molecule has 0 aliphatic carbocycles. The number of hydrogen-bond donors (Lipinski definition) is 2. The Morgan fingerprint density at radius 1 is 1.14 bits per heavy atom. The molecule has 2 saturated heterocycles. The number of nitrogens with zero attached hydrogens (tertiary/aromatic N) is 2. The summed E-state index contributed by atoms with van der Waals surface area (Å²) in [5.41, 5.74) is 2.07. The van der Waals surface area contributed by atoms with Crippen LogP contribution in [0.2, 0.25) is 0 Å². The van der Waals surface area contributed by atoms with Crippen LogP contribution in [0.4, 0.5) is 11.4 Å². The molecule has 0 spiro atoms. The first-order chi connectivity index (χ1) is 10.7. The molecule has 0 saturated carbocycles. The summed E-state index contributed by atoms with van der Waals surface area (Å²) < 4.78 is 0. The number of nitrogens with one attached hydrogen (secondary N) is 1. The van der Waals surface area contributed by atoms with Crippen LogP contribution >= 0.6 is 0 Å². The van der Waals surface area contributed by atoms with Crippen LogP contribution in [0, 0.1) is 0 Å². The molecule has 1 amide bonds. The van der Waals surface area contributed by atoms with Gasteiger partial charge in [0.15, 0.2) is 0 Å². The molecule has 3 rings (SSSR count). The summed E-state index contributed by atoms with van der Waals surface area (Å²) in [5, 5.41) is 12.6. The first-order valence-corrected chi connectivity index (χ1v) is 8.26. The number of carbonyl (C=O) groups excluding carboxylic acids is 1. The van der Waals surface area contributed by atoms with E-state index in [1.165, 1.54) is 18.5 Å². The maximum absolute atomic E-state index is 12.1. The zero-order valence-corrected chi connectivity index (χ0v) is 13.0. The first-order valence-electron chi connectivity index (χ1n) is 8.26. The van der Waals surface area contributed by atoms with E-state index in [9.17, 15) is 9.90 Å². The number of benzene rings is 1. The topological polar surface area (TPSA) is 55.8 Å². The number of amides is 1. The molecule has 1 unspecified atom stereocenters. The van der Waals surface area contributed by atoms with Crippen molar-refractivity contribution in [2.75, 3.05) is 42.9 Å². The van der Waals surface area contributed by atoms with Crippen LogP contribution in [-0.2, 0) is 4.79 Å². The normalized spacial score (nSPS) is 22.8. The SMILES string of the molecule is O=C(CN1CCCC(O)C1)Nc1ccc(N2CCCC2)cc1. The molecular formula is C17H25N3O2. The van der Waals surface area contributed by atoms with Crippen LogP contribution in [-0.4, -0.2) is 54.7 Å². The Balaban J connectivity index is 1.50. The molecule has 22 heavy (non-hydrogen) atoms. The van der Waals surface area contributed by atoms with Gasteiger partial charge in [0.1, 0.15) is 0 Å². The van der Waals surface area contributed by atoms with E-state index in [-0.39, 0.29) is 12.0 Å². The van der Waals surface area contributed by atoms with Crippen LogP contribution in [0.25, 0.3) is 0 Å². The minimum Gasteiger partial charge on any atom is -0.392 e. The lowest BCUT2D eigenvalue weighted by atomic mass is 10.1. The van der Waals surface area contributed by atoms with Crippen LogP contribution < -0.4 is 10.2 Å². The van der Waals surface area contributed by atoms with E-state index in [1.807, 2.05) is 17.0 Å². The highest BCUT2D eigenvalue weighted by molar-refractivity contribution is 5.92. The van der Waals surface area contributed by atoms with Gasteiger partial charge in [-0.1, -0.05) is 0 Å². The minimum absolute atomic E-state index is 0.0111. The fourth-order valence-corrected chi connectivity index (χ4v) is 3.31. The molecular weight excluding hydrogens is 278 g/mol. The summed E-state index contributed by atoms with van der Waals surface area (Å²) >= 11 is 0. The Labute approximate surface area is 131 Å². The molecule has 2 N–H and O–H groups in total. The van der Waals surface area contributed by atoms with E-state index in [0.717, 1.165) is 38.2 Å². The molecule has 5 nitrogen and oxygen atoms in total. The highest BCUT2D eigenvalue weighted by Crippen LogP contribution is 2.22. The Hall–Kier alpha value is -1.59. The molecule has 120 valence electrons. The van der Waals surface area contributed by atoms with Crippen LogP contribution in [0.3, 0.4) is 0 Å². The van der Waals surface area contributed by atoms with E-state index < -0.39 is 0 Å². The average molecular weight is 303 g/mol. The van der Waals surface area contributed by atoms with E-state index in [1.54, 1.807) is 0 Å². The molecule has 0 aromatic heterocycles. The summed E-state index contributed by atoms with van der Waals surface area (Å²) in [7, 11) is 0. The monoisotopic (exact) mass is 303 g/mol. The molecule has 1 atom stereocenters. The Morgan fingerprint density at radius 2 is 1.86 bits per heavy atom. The molecule has 0 radical (unpaired) electrons. The van der Waals surface area contributed by atoms with Crippen LogP contribution in [0.5, 0.6) is 0 Å². The highest BCUT2D eigenvalue weighted by Gasteiger charge is 2.19. The number of likely N-dealkylation sites (tertiary alicyclic amines) is 1. The minimum atomic E-state index is -0.290. The third-order valence-corrected chi connectivity index (χ3v) is 4.47. The van der Waals surface area contributed by atoms with Crippen molar-refractivity contribution < 1.29 is 9.90 Å². The fraction of sp³-hybridized carbons (Fsp3) is 0.588. The van der Waals surface area contributed by atoms with E-state index >= 15 is 0 Å². The Kier molecular flexibility index (Phi) is 4.95. The zero-order chi connectivity index (χ0) is 15.4. The van der Waals surface area contributed by atoms with Crippen molar-refractivity contribution in [2.45, 2.75) is 31.8 Å². The second-order valence-corrected chi connectivity index (χ2v) is 6.32. The van der Waals surface area contributed by atoms with Gasteiger partial charge in [-0.15, -0.1) is 0 Å². The lowest BCUT2D eigenvalue weighted by Crippen LogP contribution is -2.42. The van der Waals surface area contributed by atoms with Crippen molar-refractivity contribution in [2.24, 2.45) is 0 Å². The van der Waals surface area contributed by atoms with Gasteiger partial charge in [0, 0.05) is 31.0 Å². The van der Waals surface area contributed by atoms with Crippen LogP contribution in [0.15, 0.2) is 24.3 Å². The lowest BCUT2D eigenvalue weighted by molar-refractivity contribution is -0.118. The predicted octanol–water partition coefficient (Wildman–Crippen LogP) is 1.68. The smallest absolute Gasteiger partial charge is 0.238 e. The summed E-state index contributed by atoms with van der Waals surface area (Å²) in [6, 6.07) is 8.09. The quantitative estimate of drug-likeness (QED) is 0.888. The molecule has 2 heterocycles. The summed E-state index contributed by atoms with van der Waals surface area (Å²) in [6.45, 7) is 4.09. The second-order valence-electron chi connectivity index (χ2n) is 6.32. The third-order valence-electron chi connectivity index (χ3n) is 4.47. The van der Waals surface area contributed by atoms with E-state index in [2.05, 4.69) is 22.3 Å². The standard InChI is InChI=1S/C17H25N3O2/c21-16-4-3-9-19(12-16)13-17(22)18-14-5-7-15(8-6-14)20-10-1-2-11-20/h5-8,16,21H,1-4,9-13H2,(H,18,22). The van der Waals surface area contributed by atoms with Gasteiger partial charge in [-0.05, 0) is 56.5 Å². The van der Waals surface area contributed by atoms with Gasteiger partial charge in [-0.2, -0.15) is 0 Å². The van der Waals surface area contributed by atoms with Gasteiger partial charge in [-0.3, -0.25) is 9.69 Å². The Bertz CT molecular complexity index is 497. The van der Waals surface area contributed by atoms with Gasteiger partial charge < -0.3 is 15.3 Å². The zero-order valence-electron chi connectivity index (χ0n) is 13.0. The maximum Gasteiger partial charge on any atom is 0.238 e. The first kappa shape index (κ1) is 15.3. The van der Waals surface area contributed by atoms with E-state index in [4.69, 9.17) is 0 Å². The number of carbonyl (C=O) groups is 1. The fourth-order valence-electron chi connectivity index (χ4n) is 3.31. The van der Waals surface area contributed by atoms with Crippen molar-refractivity contribution >= 4 is 17.3 Å². The average Bonchev–Trinajstić information content (AvgIpc) is 3.02. The summed E-state index contributed by atoms with van der Waals surface area (Å²) in [6.07, 6.45) is 4.04. The van der Waals surface area contributed by atoms with Crippen molar-refractivity contribution in [3.63, 3.8) is 0 Å². The van der Waals surface area contributed by atoms with Gasteiger partial charge in [0.2, 0.25) is 5.91 Å². The molecule has 5 heteroatoms. The van der Waals surface area contributed by atoms with Crippen LogP contribution in [0.1, 0.15) is 25.7 Å². The Morgan fingerprint density at radius 3 is 2.55 bits per heavy atom. The molecule has 0 bridgehead atoms. The predicted molar refractivity (Wildman–Crippen MR) is 88.2 cm³/mol. The van der Waals surface area contributed by atoms with Crippen molar-refractivity contribution in [3.05, 3.63) is 24.3 Å². The molecule has 2 aliphatic heterocycles. The van der Waals surface area contributed by atoms with Gasteiger partial charge in [0.05, 0.1) is 12.6 Å². The number of anilines is 2. The molecule has 2 aliphatic rings. The number of aliphatic hydroxyl groups is 1.